The maximum Gasteiger partial charge on any atom is 0.223 e. The molecule has 7 nitrogen and oxygen atoms in total. The molecule has 0 radical (unpaired) electrons. The summed E-state index contributed by atoms with van der Waals surface area (Å²) in [6.45, 7) is 6.28. The lowest BCUT2D eigenvalue weighted by atomic mass is 10.2. The highest BCUT2D eigenvalue weighted by molar-refractivity contribution is 5.77. The van der Waals surface area contributed by atoms with Gasteiger partial charge in [-0.15, -0.1) is 0 Å². The molecule has 148 valence electrons. The van der Waals surface area contributed by atoms with Crippen LogP contribution in [0.2, 0.25) is 0 Å². The highest BCUT2D eigenvalue weighted by Gasteiger charge is 2.17. The van der Waals surface area contributed by atoms with Crippen LogP contribution in [0.5, 0.6) is 0 Å². The number of unbranched alkanes of at least 4 members (excludes halogenated alkanes) is 1. The maximum absolute atomic E-state index is 9.57. The first-order valence-electron chi connectivity index (χ1n) is 9.51. The monoisotopic (exact) mass is 381 g/mol. The number of nitrogens with zero attached hydrogens (tertiary/aromatic N) is 3. The number of nitrogens with one attached hydrogen (secondary N) is 2. The topological polar surface area (TPSA) is 92.1 Å². The SMILES string of the molecule is C/C=C\C=C/C1=CO/C(=C(/C#N)c2ccnc(NCCCOCCCC)n2)N1. The molecular weight excluding hydrogens is 354 g/mol. The summed E-state index contributed by atoms with van der Waals surface area (Å²) in [4.78, 5) is 8.63. The number of rotatable bonds is 11. The second-order valence-electron chi connectivity index (χ2n) is 6.03. The van der Waals surface area contributed by atoms with Gasteiger partial charge in [-0.3, -0.25) is 0 Å². The van der Waals surface area contributed by atoms with Gasteiger partial charge in [-0.25, -0.2) is 9.97 Å². The fourth-order valence-corrected chi connectivity index (χ4v) is 2.32. The molecule has 0 saturated carbocycles. The third-order valence-electron chi connectivity index (χ3n) is 3.78. The van der Waals surface area contributed by atoms with Gasteiger partial charge in [-0.1, -0.05) is 31.6 Å². The molecule has 0 fully saturated rings. The number of ether oxygens (including phenoxy) is 2. The van der Waals surface area contributed by atoms with Crippen molar-refractivity contribution in [1.29, 1.82) is 5.26 Å². The van der Waals surface area contributed by atoms with Crippen LogP contribution in [0.15, 0.2) is 54.4 Å². The standard InChI is InChI=1S/C21H27N5O2/c1-3-5-7-9-17-16-28-20(25-17)18(15-22)19-10-12-24-21(26-19)23-11-8-14-27-13-6-4-2/h3,5,7,9-10,12,16,25H,4,6,8,11,13-14H2,1-2H3,(H,23,24,26)/b5-3-,9-7-,20-18-. The first-order chi connectivity index (χ1) is 13.8. The summed E-state index contributed by atoms with van der Waals surface area (Å²) >= 11 is 0. The summed E-state index contributed by atoms with van der Waals surface area (Å²) in [6, 6.07) is 3.84. The molecule has 0 saturated heterocycles. The Morgan fingerprint density at radius 1 is 1.36 bits per heavy atom. The highest BCUT2D eigenvalue weighted by Crippen LogP contribution is 2.21. The Bertz CT molecular complexity index is 790. The van der Waals surface area contributed by atoms with E-state index < -0.39 is 0 Å². The Morgan fingerprint density at radius 3 is 3.00 bits per heavy atom. The van der Waals surface area contributed by atoms with Gasteiger partial charge >= 0.3 is 0 Å². The fourth-order valence-electron chi connectivity index (χ4n) is 2.32. The Hall–Kier alpha value is -3.11. The first-order valence-corrected chi connectivity index (χ1v) is 9.51. The van der Waals surface area contributed by atoms with Crippen molar-refractivity contribution in [3.05, 3.63) is 60.1 Å². The minimum absolute atomic E-state index is 0.319. The summed E-state index contributed by atoms with van der Waals surface area (Å²) in [6.07, 6.45) is 13.8. The van der Waals surface area contributed by atoms with Gasteiger partial charge in [0.1, 0.15) is 17.9 Å². The molecule has 7 heteroatoms. The predicted octanol–water partition coefficient (Wildman–Crippen LogP) is 3.88. The zero-order valence-electron chi connectivity index (χ0n) is 16.4. The molecule has 0 spiro atoms. The number of hydrogen-bond acceptors (Lipinski definition) is 7. The van der Waals surface area contributed by atoms with Gasteiger partial charge in [-0.2, -0.15) is 5.26 Å². The van der Waals surface area contributed by atoms with Gasteiger partial charge < -0.3 is 20.1 Å². The van der Waals surface area contributed by atoms with Crippen LogP contribution in [-0.2, 0) is 9.47 Å². The molecule has 2 N–H and O–H groups in total. The predicted molar refractivity (Wildman–Crippen MR) is 110 cm³/mol. The second kappa shape index (κ2) is 12.3. The number of anilines is 1. The van der Waals surface area contributed by atoms with Crippen molar-refractivity contribution < 1.29 is 9.47 Å². The molecular formula is C21H27N5O2. The molecule has 2 rings (SSSR count). The summed E-state index contributed by atoms with van der Waals surface area (Å²) in [5, 5.41) is 15.8. The van der Waals surface area contributed by atoms with E-state index in [4.69, 9.17) is 9.47 Å². The van der Waals surface area contributed by atoms with E-state index in [0.29, 0.717) is 36.3 Å². The zero-order valence-corrected chi connectivity index (χ0v) is 16.4. The number of nitriles is 1. The van der Waals surface area contributed by atoms with E-state index in [1.165, 1.54) is 0 Å². The van der Waals surface area contributed by atoms with E-state index in [0.717, 1.165) is 31.6 Å². The molecule has 1 aliphatic rings. The van der Waals surface area contributed by atoms with Crippen LogP contribution in [0.25, 0.3) is 5.57 Å². The fraction of sp³-hybridized carbons (Fsp3) is 0.381. The molecule has 1 aliphatic heterocycles. The van der Waals surface area contributed by atoms with Crippen LogP contribution < -0.4 is 10.6 Å². The van der Waals surface area contributed by atoms with Crippen LogP contribution in [0.1, 0.15) is 38.8 Å². The summed E-state index contributed by atoms with van der Waals surface area (Å²) in [5.41, 5.74) is 1.57. The van der Waals surface area contributed by atoms with Crippen molar-refractivity contribution in [2.75, 3.05) is 25.1 Å². The summed E-state index contributed by atoms with van der Waals surface area (Å²) in [7, 11) is 0. The van der Waals surface area contributed by atoms with Crippen LogP contribution in [0, 0.1) is 11.3 Å². The quantitative estimate of drug-likeness (QED) is 0.341. The lowest BCUT2D eigenvalue weighted by Gasteiger charge is -2.08. The second-order valence-corrected chi connectivity index (χ2v) is 6.03. The van der Waals surface area contributed by atoms with E-state index in [-0.39, 0.29) is 0 Å². The number of aromatic nitrogens is 2. The average Bonchev–Trinajstić information content (AvgIpc) is 3.17. The Labute approximate surface area is 166 Å². The van der Waals surface area contributed by atoms with E-state index in [1.54, 1.807) is 18.5 Å². The molecule has 1 aromatic rings. The van der Waals surface area contributed by atoms with Crippen molar-refractivity contribution in [3.8, 4) is 6.07 Å². The van der Waals surface area contributed by atoms with Gasteiger partial charge in [0.15, 0.2) is 0 Å². The molecule has 0 aliphatic carbocycles. The summed E-state index contributed by atoms with van der Waals surface area (Å²) in [5.74, 6) is 0.829. The Morgan fingerprint density at radius 2 is 2.21 bits per heavy atom. The third kappa shape index (κ3) is 6.89. The average molecular weight is 381 g/mol. The number of allylic oxidation sites excluding steroid dienone is 5. The van der Waals surface area contributed by atoms with Gasteiger partial charge in [-0.05, 0) is 31.9 Å². The van der Waals surface area contributed by atoms with Gasteiger partial charge in [0.25, 0.3) is 0 Å². The van der Waals surface area contributed by atoms with Crippen molar-refractivity contribution >= 4 is 11.5 Å². The van der Waals surface area contributed by atoms with Crippen molar-refractivity contribution in [3.63, 3.8) is 0 Å². The summed E-state index contributed by atoms with van der Waals surface area (Å²) < 4.78 is 11.0. The third-order valence-corrected chi connectivity index (χ3v) is 3.78. The van der Waals surface area contributed by atoms with Crippen LogP contribution in [0.3, 0.4) is 0 Å². The van der Waals surface area contributed by atoms with Crippen LogP contribution >= 0.6 is 0 Å². The molecule has 2 heterocycles. The normalized spacial score (nSPS) is 15.2. The van der Waals surface area contributed by atoms with Gasteiger partial charge in [0, 0.05) is 26.0 Å². The van der Waals surface area contributed by atoms with Crippen molar-refractivity contribution in [2.45, 2.75) is 33.1 Å². The first kappa shape index (κ1) is 21.2. The molecule has 0 aromatic carbocycles. The molecule has 0 bridgehead atoms. The lowest BCUT2D eigenvalue weighted by molar-refractivity contribution is 0.131. The van der Waals surface area contributed by atoms with Crippen LogP contribution in [-0.4, -0.2) is 29.7 Å². The minimum atomic E-state index is 0.319. The van der Waals surface area contributed by atoms with E-state index >= 15 is 0 Å². The molecule has 0 unspecified atom stereocenters. The maximum atomic E-state index is 9.57. The largest absolute Gasteiger partial charge is 0.445 e. The highest BCUT2D eigenvalue weighted by atomic mass is 16.5. The molecule has 1 aromatic heterocycles. The smallest absolute Gasteiger partial charge is 0.223 e. The molecule has 0 atom stereocenters. The van der Waals surface area contributed by atoms with E-state index in [1.807, 2.05) is 31.2 Å². The zero-order chi connectivity index (χ0) is 20.0. The molecule has 28 heavy (non-hydrogen) atoms. The van der Waals surface area contributed by atoms with E-state index in [9.17, 15) is 5.26 Å². The van der Waals surface area contributed by atoms with Crippen molar-refractivity contribution in [1.82, 2.24) is 15.3 Å². The lowest BCUT2D eigenvalue weighted by Crippen LogP contribution is -2.11. The van der Waals surface area contributed by atoms with E-state index in [2.05, 4.69) is 33.6 Å². The Balaban J connectivity index is 1.93. The Kier molecular flexibility index (Phi) is 9.32. The van der Waals surface area contributed by atoms with Crippen molar-refractivity contribution in [2.24, 2.45) is 0 Å². The number of hydrogen-bond donors (Lipinski definition) is 2. The van der Waals surface area contributed by atoms with Crippen LogP contribution in [0.4, 0.5) is 5.95 Å². The van der Waals surface area contributed by atoms with Gasteiger partial charge in [0.05, 0.1) is 11.4 Å². The molecule has 0 amide bonds. The minimum Gasteiger partial charge on any atom is -0.445 e. The van der Waals surface area contributed by atoms with Gasteiger partial charge in [0.2, 0.25) is 11.8 Å².